The second-order valence-corrected chi connectivity index (χ2v) is 14.9. The number of H-pyrrole nitrogens is 1. The summed E-state index contributed by atoms with van der Waals surface area (Å²) in [6.07, 6.45) is 6.75. The van der Waals surface area contributed by atoms with Crippen LogP contribution >= 0.6 is 0 Å². The minimum Gasteiger partial charge on any atom is -0.750 e. The van der Waals surface area contributed by atoms with Crippen LogP contribution in [0.3, 0.4) is 0 Å². The molecule has 4 aromatic heterocycles. The van der Waals surface area contributed by atoms with Crippen molar-refractivity contribution < 1.29 is 47.2 Å². The van der Waals surface area contributed by atoms with Gasteiger partial charge in [-0.05, 0) is 76.3 Å². The number of nitrogens with zero attached hydrogens (tertiary/aromatic N) is 4. The fraction of sp³-hybridized carbons (Fsp3) is 0.417. The van der Waals surface area contributed by atoms with Crippen molar-refractivity contribution >= 4 is 11.4 Å². The minimum atomic E-state index is -5.09. The van der Waals surface area contributed by atoms with Gasteiger partial charge in [0, 0.05) is 30.7 Å². The van der Waals surface area contributed by atoms with Gasteiger partial charge in [0.05, 0.1) is 34.1 Å². The summed E-state index contributed by atoms with van der Waals surface area (Å²) in [6.45, 7) is 21.7. The number of nitrogens with one attached hydrogen (secondary N) is 1. The molecule has 0 saturated carbocycles. The molecule has 278 valence electrons. The number of alkyl halides is 3. The van der Waals surface area contributed by atoms with E-state index in [1.807, 2.05) is 12.4 Å². The topological polar surface area (TPSA) is 143 Å². The van der Waals surface area contributed by atoms with Crippen molar-refractivity contribution in [2.24, 2.45) is 0 Å². The maximum absolute atomic E-state index is 11.0. The third kappa shape index (κ3) is 14.8. The van der Waals surface area contributed by atoms with Crippen molar-refractivity contribution in [3.8, 4) is 28.7 Å². The van der Waals surface area contributed by atoms with Crippen LogP contribution in [-0.2, 0) is 59.4 Å². The van der Waals surface area contributed by atoms with Crippen molar-refractivity contribution in [3.05, 3.63) is 105 Å². The normalized spacial score (nSPS) is 12.3. The minimum absolute atomic E-state index is 0. The molecule has 0 aliphatic rings. The van der Waals surface area contributed by atoms with Gasteiger partial charge in [-0.2, -0.15) is 0 Å². The standard InChI is InChI=1S/C27H35N3.C8H7N2O2.CHF3O3S.Pt/c1-25(2,3)18-10-12-28-21(14-18)23-16-20(27(7,8)9)17-24(30-23)22-15-19(11-13-29-22)26(4,5)6;1-3-4-10-5-6(2)7(11)9-8(10)12;2-1(3,4)7-8(5)6;/h10-17H,1-9H3;5H,4H2,2H3,(H,9,11,12);(H,5,6);/q;-1;;+2/p-1. The van der Waals surface area contributed by atoms with E-state index in [9.17, 15) is 22.8 Å². The first-order valence-corrected chi connectivity index (χ1v) is 16.3. The molecule has 4 heterocycles. The second kappa shape index (κ2) is 18.1. The van der Waals surface area contributed by atoms with Gasteiger partial charge < -0.3 is 16.9 Å². The van der Waals surface area contributed by atoms with Crippen LogP contribution in [0.4, 0.5) is 13.2 Å². The van der Waals surface area contributed by atoms with Crippen LogP contribution in [0.25, 0.3) is 22.8 Å². The van der Waals surface area contributed by atoms with Gasteiger partial charge in [0.25, 0.3) is 5.56 Å². The maximum Gasteiger partial charge on any atom is 2.00 e. The Kier molecular flexibility index (Phi) is 16.1. The van der Waals surface area contributed by atoms with E-state index in [2.05, 4.69) is 124 Å². The summed E-state index contributed by atoms with van der Waals surface area (Å²) in [5.41, 5.74) is 7.01. The SMILES string of the molecule is CC(C)(C)c1ccnc(-c2cc(C(C)(C)C)cc(-c3cc(C(C)(C)C)ccn3)n2)c1.O=S([O-])OC(F)(F)F.[C-]#CCn1cc(C)c(=O)[nH]c1=O.[Pt+2]. The van der Waals surface area contributed by atoms with E-state index in [0.717, 1.165) is 22.8 Å². The molecule has 15 heteroatoms. The predicted molar refractivity (Wildman–Crippen MR) is 186 cm³/mol. The van der Waals surface area contributed by atoms with Gasteiger partial charge in [0.2, 0.25) is 0 Å². The molecule has 51 heavy (non-hydrogen) atoms. The molecule has 0 aliphatic heterocycles. The molecule has 0 fully saturated rings. The quantitative estimate of drug-likeness (QED) is 0.133. The van der Waals surface area contributed by atoms with Crippen LogP contribution in [0.1, 0.15) is 84.6 Å². The Morgan fingerprint density at radius 2 is 1.24 bits per heavy atom. The van der Waals surface area contributed by atoms with E-state index in [4.69, 9.17) is 20.2 Å². The first-order valence-electron chi connectivity index (χ1n) is 15.3. The number of aryl methyl sites for hydroxylation is 1. The van der Waals surface area contributed by atoms with E-state index in [1.165, 1.54) is 27.5 Å². The number of aromatic nitrogens is 5. The van der Waals surface area contributed by atoms with Gasteiger partial charge in [-0.1, -0.05) is 62.3 Å². The summed E-state index contributed by atoms with van der Waals surface area (Å²) < 4.78 is 53.8. The summed E-state index contributed by atoms with van der Waals surface area (Å²) in [4.78, 5) is 38.3. The summed E-state index contributed by atoms with van der Waals surface area (Å²) in [5.74, 6) is 2.06. The average molecular weight is 909 g/mol. The molecule has 0 radical (unpaired) electrons. The number of hydrogen-bond acceptors (Lipinski definition) is 8. The molecular formula is C36H42F3N5O5PtS. The Hall–Kier alpha value is -3.76. The number of hydrogen-bond donors (Lipinski definition) is 1. The van der Waals surface area contributed by atoms with Crippen molar-refractivity contribution in [3.63, 3.8) is 0 Å². The Bertz CT molecular complexity index is 1890. The number of halogens is 3. The van der Waals surface area contributed by atoms with Gasteiger partial charge in [0.1, 0.15) is 0 Å². The number of rotatable bonds is 4. The second-order valence-electron chi connectivity index (χ2n) is 14.3. The smallest absolute Gasteiger partial charge is 0.750 e. The molecule has 1 N–H and O–H groups in total. The van der Waals surface area contributed by atoms with Crippen LogP contribution in [0.2, 0.25) is 0 Å². The predicted octanol–water partition coefficient (Wildman–Crippen LogP) is 6.85. The summed E-state index contributed by atoms with van der Waals surface area (Å²) in [5, 5.41) is 0. The summed E-state index contributed by atoms with van der Waals surface area (Å²) in [7, 11) is 0. The molecule has 4 aromatic rings. The van der Waals surface area contributed by atoms with E-state index in [-0.39, 0.29) is 49.4 Å². The van der Waals surface area contributed by atoms with E-state index in [1.54, 1.807) is 6.92 Å². The van der Waals surface area contributed by atoms with Crippen molar-refractivity contribution in [2.75, 3.05) is 0 Å². The zero-order valence-electron chi connectivity index (χ0n) is 30.1. The van der Waals surface area contributed by atoms with E-state index < -0.39 is 23.4 Å². The van der Waals surface area contributed by atoms with Crippen molar-refractivity contribution in [2.45, 2.75) is 98.4 Å². The zero-order valence-corrected chi connectivity index (χ0v) is 33.2. The molecule has 10 nitrogen and oxygen atoms in total. The fourth-order valence-electron chi connectivity index (χ4n) is 4.20. The zero-order chi connectivity index (χ0) is 38.2. The van der Waals surface area contributed by atoms with Gasteiger partial charge in [-0.3, -0.25) is 24.3 Å². The van der Waals surface area contributed by atoms with Crippen LogP contribution < -0.4 is 11.2 Å². The van der Waals surface area contributed by atoms with E-state index >= 15 is 0 Å². The number of pyridine rings is 3. The first kappa shape index (κ1) is 45.3. The molecule has 0 aliphatic carbocycles. The summed E-state index contributed by atoms with van der Waals surface area (Å²) in [6, 6.07) is 12.9. The molecule has 1 atom stereocenters. The average Bonchev–Trinajstić information content (AvgIpc) is 2.98. The largest absolute Gasteiger partial charge is 2.00 e. The molecular weight excluding hydrogens is 867 g/mol. The monoisotopic (exact) mass is 908 g/mol. The molecule has 0 bridgehead atoms. The molecule has 0 saturated heterocycles. The third-order valence-corrected chi connectivity index (χ3v) is 7.39. The first-order chi connectivity index (χ1) is 22.8. The van der Waals surface area contributed by atoms with Crippen LogP contribution in [0.5, 0.6) is 0 Å². The molecule has 1 unspecified atom stereocenters. The Labute approximate surface area is 313 Å². The van der Waals surface area contributed by atoms with Crippen molar-refractivity contribution in [1.29, 1.82) is 0 Å². The Balaban J connectivity index is 0.000000509. The molecule has 0 aromatic carbocycles. The molecule has 4 rings (SSSR count). The van der Waals surface area contributed by atoms with Crippen LogP contribution in [0, 0.1) is 19.3 Å². The van der Waals surface area contributed by atoms with Crippen molar-refractivity contribution in [1.82, 2.24) is 24.5 Å². The van der Waals surface area contributed by atoms with Crippen LogP contribution in [0.15, 0.2) is 64.6 Å². The Morgan fingerprint density at radius 3 is 1.57 bits per heavy atom. The number of aromatic amines is 1. The van der Waals surface area contributed by atoms with E-state index in [0.29, 0.717) is 5.56 Å². The molecule has 0 spiro atoms. The van der Waals surface area contributed by atoms with Gasteiger partial charge in [0.15, 0.2) is 0 Å². The van der Waals surface area contributed by atoms with Crippen LogP contribution in [-0.4, -0.2) is 39.6 Å². The maximum atomic E-state index is 11.0. The van der Waals surface area contributed by atoms with Gasteiger partial charge >= 0.3 is 33.1 Å². The Morgan fingerprint density at radius 1 is 0.824 bits per heavy atom. The summed E-state index contributed by atoms with van der Waals surface area (Å²) >= 11 is -3.51. The van der Waals surface area contributed by atoms with Gasteiger partial charge in [-0.15, -0.1) is 13.2 Å². The van der Waals surface area contributed by atoms with Gasteiger partial charge in [-0.25, -0.2) is 18.2 Å². The third-order valence-electron chi connectivity index (χ3n) is 7.07. The molecule has 0 amide bonds. The fourth-order valence-corrected chi connectivity index (χ4v) is 4.35.